The maximum absolute atomic E-state index is 12.6. The number of allylic oxidation sites excluding steroid dienone is 12. The lowest BCUT2D eigenvalue weighted by atomic mass is 10.1. The van der Waals surface area contributed by atoms with Crippen LogP contribution in [0.5, 0.6) is 0 Å². The summed E-state index contributed by atoms with van der Waals surface area (Å²) in [5.74, 6) is -0.398. The molecule has 0 aliphatic carbocycles. The van der Waals surface area contributed by atoms with Gasteiger partial charge in [0.1, 0.15) is 12.2 Å². The molecule has 0 aromatic rings. The first-order valence-corrected chi connectivity index (χ1v) is 23.4. The average Bonchev–Trinajstić information content (AvgIpc) is 3.19. The number of carbonyl (C=O) groups excluding carboxylic acids is 1. The highest BCUT2D eigenvalue weighted by molar-refractivity contribution is 7.47. The van der Waals surface area contributed by atoms with Crippen LogP contribution in [-0.2, 0) is 27.9 Å². The minimum absolute atomic E-state index is 0.0350. The van der Waals surface area contributed by atoms with Crippen LogP contribution in [0.1, 0.15) is 168 Å². The van der Waals surface area contributed by atoms with Gasteiger partial charge in [0.2, 0.25) is 0 Å². The maximum atomic E-state index is 12.6. The summed E-state index contributed by atoms with van der Waals surface area (Å²) in [6.45, 7) is 3.29. The van der Waals surface area contributed by atoms with E-state index in [4.69, 9.17) is 23.6 Å². The largest absolute Gasteiger partial charge is 0.472 e. The molecule has 0 amide bonds. The van der Waals surface area contributed by atoms with Crippen molar-refractivity contribution in [2.45, 2.75) is 180 Å². The lowest BCUT2D eigenvalue weighted by Gasteiger charge is -2.20. The van der Waals surface area contributed by atoms with Crippen LogP contribution in [0, 0.1) is 0 Å². The summed E-state index contributed by atoms with van der Waals surface area (Å²) >= 11 is 0. The number of hydrogen-bond donors (Lipinski definition) is 3. The van der Waals surface area contributed by atoms with Crippen LogP contribution in [-0.4, -0.2) is 66.3 Å². The van der Waals surface area contributed by atoms with Gasteiger partial charge in [0.25, 0.3) is 0 Å². The number of aliphatic hydroxyl groups excluding tert-OH is 2. The lowest BCUT2D eigenvalue weighted by Crippen LogP contribution is -2.29. The predicted octanol–water partition coefficient (Wildman–Crippen LogP) is 12.1. The van der Waals surface area contributed by atoms with Crippen LogP contribution in [0.3, 0.4) is 0 Å². The predicted molar refractivity (Wildman–Crippen MR) is 233 cm³/mol. The molecule has 0 saturated heterocycles. The molecular weight excluding hydrogens is 727 g/mol. The van der Waals surface area contributed by atoms with E-state index >= 15 is 0 Å². The van der Waals surface area contributed by atoms with Crippen LogP contribution in [0.2, 0.25) is 0 Å². The average molecular weight is 809 g/mol. The Morgan fingerprint density at radius 2 is 1.02 bits per heavy atom. The third-order valence-corrected chi connectivity index (χ3v) is 9.81. The molecule has 0 rings (SSSR count). The summed E-state index contributed by atoms with van der Waals surface area (Å²) < 4.78 is 33.4. The second-order valence-corrected chi connectivity index (χ2v) is 15.8. The van der Waals surface area contributed by atoms with Gasteiger partial charge in [0, 0.05) is 13.0 Å². The van der Waals surface area contributed by atoms with Crippen molar-refractivity contribution in [1.82, 2.24) is 0 Å². The number of hydrogen-bond acceptors (Lipinski definition) is 8. The van der Waals surface area contributed by atoms with Gasteiger partial charge in [-0.2, -0.15) is 0 Å². The number of phosphoric ester groups is 1. The molecule has 0 heterocycles. The Morgan fingerprint density at radius 3 is 1.54 bits per heavy atom. The molecule has 56 heavy (non-hydrogen) atoms. The number of ether oxygens (including phenoxy) is 2. The SMILES string of the molecule is CC/C=C\C/C=C\C/C=C\C/C=C\CCCCCCCCCCC(=O)OC(COCCCCCCCC/C=C\C/C=C\CCC)COP(=O)(O)OCC(O)CO. The summed E-state index contributed by atoms with van der Waals surface area (Å²) in [6, 6.07) is 0. The van der Waals surface area contributed by atoms with Crippen molar-refractivity contribution >= 4 is 13.8 Å². The molecule has 0 fully saturated rings. The molecule has 0 aliphatic rings. The second kappa shape index (κ2) is 42.5. The molecule has 0 spiro atoms. The molecule has 3 unspecified atom stereocenters. The van der Waals surface area contributed by atoms with Gasteiger partial charge in [0.05, 0.1) is 26.4 Å². The van der Waals surface area contributed by atoms with E-state index in [1.807, 2.05) is 0 Å². The Kier molecular flexibility index (Phi) is 40.9. The molecular formula is C46H81O9P. The van der Waals surface area contributed by atoms with Gasteiger partial charge in [-0.1, -0.05) is 157 Å². The molecule has 10 heteroatoms. The van der Waals surface area contributed by atoms with Gasteiger partial charge in [0.15, 0.2) is 0 Å². The molecule has 0 aromatic heterocycles. The van der Waals surface area contributed by atoms with E-state index in [0.717, 1.165) is 89.9 Å². The zero-order chi connectivity index (χ0) is 41.1. The molecule has 0 aliphatic heterocycles. The van der Waals surface area contributed by atoms with Crippen LogP contribution >= 0.6 is 7.82 Å². The number of esters is 1. The minimum Gasteiger partial charge on any atom is -0.457 e. The number of aliphatic hydroxyl groups is 2. The third-order valence-electron chi connectivity index (χ3n) is 8.86. The van der Waals surface area contributed by atoms with Crippen molar-refractivity contribution in [3.8, 4) is 0 Å². The van der Waals surface area contributed by atoms with Gasteiger partial charge in [-0.15, -0.1) is 0 Å². The second-order valence-electron chi connectivity index (χ2n) is 14.3. The number of unbranched alkanes of at least 4 members (excludes halogenated alkanes) is 15. The molecule has 0 saturated carbocycles. The van der Waals surface area contributed by atoms with E-state index in [2.05, 4.69) is 86.8 Å². The first-order valence-electron chi connectivity index (χ1n) is 21.9. The molecule has 0 radical (unpaired) electrons. The van der Waals surface area contributed by atoms with E-state index in [0.29, 0.717) is 13.0 Å². The molecule has 3 atom stereocenters. The van der Waals surface area contributed by atoms with Crippen molar-refractivity contribution < 1.29 is 43.0 Å². The van der Waals surface area contributed by atoms with Crippen molar-refractivity contribution in [2.24, 2.45) is 0 Å². The van der Waals surface area contributed by atoms with Crippen molar-refractivity contribution in [2.75, 3.05) is 33.0 Å². The zero-order valence-corrected chi connectivity index (χ0v) is 36.2. The van der Waals surface area contributed by atoms with Gasteiger partial charge < -0.3 is 24.6 Å². The summed E-state index contributed by atoms with van der Waals surface area (Å²) in [6.07, 6.45) is 50.0. The highest BCUT2D eigenvalue weighted by Gasteiger charge is 2.26. The third kappa shape index (κ3) is 41.5. The fourth-order valence-corrected chi connectivity index (χ4v) is 6.35. The number of rotatable bonds is 41. The summed E-state index contributed by atoms with van der Waals surface area (Å²) in [5.41, 5.74) is 0. The van der Waals surface area contributed by atoms with E-state index in [-0.39, 0.29) is 19.6 Å². The van der Waals surface area contributed by atoms with Crippen molar-refractivity contribution in [3.05, 3.63) is 72.9 Å². The molecule has 0 aromatic carbocycles. The monoisotopic (exact) mass is 809 g/mol. The Morgan fingerprint density at radius 1 is 0.571 bits per heavy atom. The van der Waals surface area contributed by atoms with E-state index in [9.17, 15) is 19.4 Å². The topological polar surface area (TPSA) is 132 Å². The summed E-state index contributed by atoms with van der Waals surface area (Å²) in [5, 5.41) is 18.3. The van der Waals surface area contributed by atoms with Crippen molar-refractivity contribution in [3.63, 3.8) is 0 Å². The normalized spacial score (nSPS) is 14.7. The quantitative estimate of drug-likeness (QED) is 0.0239. The molecule has 324 valence electrons. The lowest BCUT2D eigenvalue weighted by molar-refractivity contribution is -0.154. The molecule has 3 N–H and O–H groups in total. The Balaban J connectivity index is 4.19. The smallest absolute Gasteiger partial charge is 0.457 e. The van der Waals surface area contributed by atoms with Crippen LogP contribution in [0.15, 0.2) is 72.9 Å². The highest BCUT2D eigenvalue weighted by atomic mass is 31.2. The van der Waals surface area contributed by atoms with Gasteiger partial charge in [-0.3, -0.25) is 13.8 Å². The summed E-state index contributed by atoms with van der Waals surface area (Å²) in [4.78, 5) is 22.6. The van der Waals surface area contributed by atoms with E-state index in [1.54, 1.807) is 0 Å². The standard InChI is InChI=1S/C46H81O9P/c1-3-5-7-9-11-13-15-17-19-20-21-22-23-24-25-26-28-30-32-34-36-38-46(49)55-45(43-54-56(50,51)53-41-44(48)40-47)42-52-39-37-35-33-31-29-27-18-16-14-12-10-8-6-4-2/h5,7-8,10-11,13-14,16-17,19,21-22,44-45,47-48H,3-4,6,9,12,15,18,20,23-43H2,1-2H3,(H,50,51)/b7-5-,10-8-,13-11-,16-14-,19-17-,22-21-. The van der Waals surface area contributed by atoms with Crippen LogP contribution < -0.4 is 0 Å². The number of phosphoric acid groups is 1. The Bertz CT molecular complexity index is 1100. The zero-order valence-electron chi connectivity index (χ0n) is 35.3. The first-order chi connectivity index (χ1) is 27.3. The van der Waals surface area contributed by atoms with Gasteiger partial charge >= 0.3 is 13.8 Å². The molecule has 9 nitrogen and oxygen atoms in total. The maximum Gasteiger partial charge on any atom is 0.472 e. The van der Waals surface area contributed by atoms with E-state index in [1.165, 1.54) is 51.4 Å². The Labute approximate surface area is 342 Å². The van der Waals surface area contributed by atoms with E-state index < -0.39 is 39.2 Å². The van der Waals surface area contributed by atoms with Gasteiger partial charge in [-0.25, -0.2) is 4.57 Å². The van der Waals surface area contributed by atoms with Crippen LogP contribution in [0.25, 0.3) is 0 Å². The minimum atomic E-state index is -4.53. The van der Waals surface area contributed by atoms with Crippen LogP contribution in [0.4, 0.5) is 0 Å². The Hall–Kier alpha value is -2.10. The fraction of sp³-hybridized carbons (Fsp3) is 0.717. The first kappa shape index (κ1) is 53.9. The number of carbonyl (C=O) groups is 1. The fourth-order valence-electron chi connectivity index (χ4n) is 5.56. The van der Waals surface area contributed by atoms with Crippen molar-refractivity contribution in [1.29, 1.82) is 0 Å². The van der Waals surface area contributed by atoms with Gasteiger partial charge in [-0.05, 0) is 77.0 Å². The summed E-state index contributed by atoms with van der Waals surface area (Å²) in [7, 11) is -4.53. The highest BCUT2D eigenvalue weighted by Crippen LogP contribution is 2.43. The molecule has 0 bridgehead atoms.